The zero-order chi connectivity index (χ0) is 11.5. The van der Waals surface area contributed by atoms with Gasteiger partial charge < -0.3 is 10.3 Å². The van der Waals surface area contributed by atoms with Crippen LogP contribution in [0.15, 0.2) is 48.0 Å². The summed E-state index contributed by atoms with van der Waals surface area (Å²) in [6.45, 7) is 1.85. The molecule has 0 fully saturated rings. The van der Waals surface area contributed by atoms with E-state index in [1.165, 1.54) is 21.3 Å². The molecule has 0 unspecified atom stereocenters. The number of fused-ring (bicyclic) bond motifs is 1. The van der Waals surface area contributed by atoms with Crippen molar-refractivity contribution in [2.75, 3.05) is 0 Å². The SMILES string of the molecule is c1csc(CNCc2ccc3cc[nH]c3c2)c1. The number of thiophene rings is 1. The van der Waals surface area contributed by atoms with Crippen molar-refractivity contribution in [3.05, 3.63) is 58.4 Å². The van der Waals surface area contributed by atoms with Crippen molar-refractivity contribution in [1.29, 1.82) is 0 Å². The average Bonchev–Trinajstić information content (AvgIpc) is 2.98. The fourth-order valence-electron chi connectivity index (χ4n) is 1.95. The van der Waals surface area contributed by atoms with Gasteiger partial charge in [0, 0.05) is 29.7 Å². The summed E-state index contributed by atoms with van der Waals surface area (Å²) in [5.41, 5.74) is 2.52. The van der Waals surface area contributed by atoms with Gasteiger partial charge in [-0.2, -0.15) is 0 Å². The Hall–Kier alpha value is -1.58. The molecule has 0 amide bonds. The number of benzene rings is 1. The van der Waals surface area contributed by atoms with Crippen LogP contribution < -0.4 is 5.32 Å². The van der Waals surface area contributed by atoms with E-state index in [0.717, 1.165) is 13.1 Å². The topological polar surface area (TPSA) is 27.8 Å². The van der Waals surface area contributed by atoms with Crippen LogP contribution in [0.2, 0.25) is 0 Å². The first-order chi connectivity index (χ1) is 8.42. The first-order valence-electron chi connectivity index (χ1n) is 5.71. The molecule has 0 radical (unpaired) electrons. The molecule has 0 aliphatic rings. The highest BCUT2D eigenvalue weighted by molar-refractivity contribution is 7.09. The lowest BCUT2D eigenvalue weighted by molar-refractivity contribution is 0.701. The fraction of sp³-hybridized carbons (Fsp3) is 0.143. The van der Waals surface area contributed by atoms with E-state index in [9.17, 15) is 0 Å². The van der Waals surface area contributed by atoms with E-state index in [-0.39, 0.29) is 0 Å². The number of rotatable bonds is 4. The van der Waals surface area contributed by atoms with Crippen molar-refractivity contribution in [3.63, 3.8) is 0 Å². The lowest BCUT2D eigenvalue weighted by Crippen LogP contribution is -2.11. The molecule has 2 N–H and O–H groups in total. The second kappa shape index (κ2) is 4.73. The minimum atomic E-state index is 0.910. The highest BCUT2D eigenvalue weighted by Crippen LogP contribution is 2.14. The molecule has 2 aromatic heterocycles. The highest BCUT2D eigenvalue weighted by atomic mass is 32.1. The standard InChI is InChI=1S/C14H14N2S/c1-2-13(17-7-1)10-15-9-11-3-4-12-5-6-16-14(12)8-11/h1-8,15-16H,9-10H2. The number of aromatic amines is 1. The van der Waals surface area contributed by atoms with Gasteiger partial charge in [0.25, 0.3) is 0 Å². The molecular formula is C14H14N2S. The van der Waals surface area contributed by atoms with Gasteiger partial charge in [-0.1, -0.05) is 18.2 Å². The molecule has 1 aromatic carbocycles. The third-order valence-corrected chi connectivity index (χ3v) is 3.70. The molecule has 86 valence electrons. The summed E-state index contributed by atoms with van der Waals surface area (Å²) in [5.74, 6) is 0. The Labute approximate surface area is 104 Å². The Morgan fingerprint density at radius 1 is 1.12 bits per heavy atom. The van der Waals surface area contributed by atoms with Gasteiger partial charge in [0.15, 0.2) is 0 Å². The zero-order valence-electron chi connectivity index (χ0n) is 9.44. The fourth-order valence-corrected chi connectivity index (χ4v) is 2.62. The molecule has 3 heteroatoms. The molecule has 3 rings (SSSR count). The second-order valence-corrected chi connectivity index (χ2v) is 5.11. The van der Waals surface area contributed by atoms with Crippen LogP contribution in [0, 0.1) is 0 Å². The van der Waals surface area contributed by atoms with Gasteiger partial charge in [-0.05, 0) is 34.5 Å². The van der Waals surface area contributed by atoms with E-state index >= 15 is 0 Å². The summed E-state index contributed by atoms with van der Waals surface area (Å²) in [7, 11) is 0. The third-order valence-electron chi connectivity index (χ3n) is 2.83. The maximum atomic E-state index is 3.46. The van der Waals surface area contributed by atoms with Gasteiger partial charge >= 0.3 is 0 Å². The van der Waals surface area contributed by atoms with Gasteiger partial charge in [-0.25, -0.2) is 0 Å². The summed E-state index contributed by atoms with van der Waals surface area (Å²) in [6.07, 6.45) is 1.98. The first-order valence-corrected chi connectivity index (χ1v) is 6.59. The summed E-state index contributed by atoms with van der Waals surface area (Å²) in [6, 6.07) is 12.9. The van der Waals surface area contributed by atoms with Gasteiger partial charge in [-0.3, -0.25) is 0 Å². The van der Waals surface area contributed by atoms with E-state index < -0.39 is 0 Å². The number of aromatic nitrogens is 1. The van der Waals surface area contributed by atoms with E-state index in [2.05, 4.69) is 52.1 Å². The molecule has 0 saturated heterocycles. The summed E-state index contributed by atoms with van der Waals surface area (Å²) in [5, 5.41) is 6.84. The molecular weight excluding hydrogens is 228 g/mol. The van der Waals surface area contributed by atoms with Crippen molar-refractivity contribution >= 4 is 22.2 Å². The Bertz CT molecular complexity index is 596. The van der Waals surface area contributed by atoms with Crippen molar-refractivity contribution in [3.8, 4) is 0 Å². The van der Waals surface area contributed by atoms with Crippen LogP contribution in [-0.4, -0.2) is 4.98 Å². The number of hydrogen-bond donors (Lipinski definition) is 2. The van der Waals surface area contributed by atoms with Crippen LogP contribution in [0.4, 0.5) is 0 Å². The van der Waals surface area contributed by atoms with Crippen LogP contribution in [-0.2, 0) is 13.1 Å². The first kappa shape index (κ1) is 10.6. The van der Waals surface area contributed by atoms with Crippen molar-refractivity contribution in [2.24, 2.45) is 0 Å². The zero-order valence-corrected chi connectivity index (χ0v) is 10.3. The molecule has 0 aliphatic heterocycles. The van der Waals surface area contributed by atoms with E-state index in [0.29, 0.717) is 0 Å². The Morgan fingerprint density at radius 2 is 2.12 bits per heavy atom. The minimum absolute atomic E-state index is 0.910. The normalized spacial score (nSPS) is 11.1. The molecule has 3 aromatic rings. The summed E-state index contributed by atoms with van der Waals surface area (Å²) < 4.78 is 0. The summed E-state index contributed by atoms with van der Waals surface area (Å²) >= 11 is 1.79. The van der Waals surface area contributed by atoms with Crippen molar-refractivity contribution < 1.29 is 0 Å². The van der Waals surface area contributed by atoms with Crippen LogP contribution in [0.3, 0.4) is 0 Å². The highest BCUT2D eigenvalue weighted by Gasteiger charge is 1.98. The lowest BCUT2D eigenvalue weighted by atomic mass is 10.1. The van der Waals surface area contributed by atoms with Crippen LogP contribution >= 0.6 is 11.3 Å². The smallest absolute Gasteiger partial charge is 0.0457 e. The number of nitrogens with one attached hydrogen (secondary N) is 2. The predicted molar refractivity (Wildman–Crippen MR) is 73.2 cm³/mol. The third kappa shape index (κ3) is 2.40. The maximum absolute atomic E-state index is 3.46. The van der Waals surface area contributed by atoms with Crippen LogP contribution in [0.5, 0.6) is 0 Å². The maximum Gasteiger partial charge on any atom is 0.0457 e. The average molecular weight is 242 g/mol. The minimum Gasteiger partial charge on any atom is -0.361 e. The van der Waals surface area contributed by atoms with Gasteiger partial charge in [0.05, 0.1) is 0 Å². The Kier molecular flexibility index (Phi) is 2.94. The number of H-pyrrole nitrogens is 1. The lowest BCUT2D eigenvalue weighted by Gasteiger charge is -2.03. The molecule has 0 aliphatic carbocycles. The molecule has 17 heavy (non-hydrogen) atoms. The Morgan fingerprint density at radius 3 is 3.00 bits per heavy atom. The van der Waals surface area contributed by atoms with Gasteiger partial charge in [-0.15, -0.1) is 11.3 Å². The molecule has 2 heterocycles. The quantitative estimate of drug-likeness (QED) is 0.720. The largest absolute Gasteiger partial charge is 0.361 e. The Balaban J connectivity index is 1.64. The van der Waals surface area contributed by atoms with Crippen molar-refractivity contribution in [2.45, 2.75) is 13.1 Å². The van der Waals surface area contributed by atoms with Gasteiger partial charge in [0.2, 0.25) is 0 Å². The van der Waals surface area contributed by atoms with E-state index in [1.54, 1.807) is 11.3 Å². The predicted octanol–water partition coefficient (Wildman–Crippen LogP) is 3.52. The van der Waals surface area contributed by atoms with E-state index in [4.69, 9.17) is 0 Å². The van der Waals surface area contributed by atoms with Crippen LogP contribution in [0.25, 0.3) is 10.9 Å². The second-order valence-electron chi connectivity index (χ2n) is 4.08. The number of hydrogen-bond acceptors (Lipinski definition) is 2. The molecule has 0 saturated carbocycles. The molecule has 0 atom stereocenters. The monoisotopic (exact) mass is 242 g/mol. The van der Waals surface area contributed by atoms with Crippen LogP contribution in [0.1, 0.15) is 10.4 Å². The van der Waals surface area contributed by atoms with Crippen molar-refractivity contribution in [1.82, 2.24) is 10.3 Å². The summed E-state index contributed by atoms with van der Waals surface area (Å²) in [4.78, 5) is 4.62. The molecule has 0 bridgehead atoms. The van der Waals surface area contributed by atoms with Gasteiger partial charge in [0.1, 0.15) is 0 Å². The molecule has 2 nitrogen and oxygen atoms in total. The molecule has 0 spiro atoms. The van der Waals surface area contributed by atoms with E-state index in [1.807, 2.05) is 6.20 Å².